The van der Waals surface area contributed by atoms with Crippen molar-refractivity contribution in [1.29, 1.82) is 0 Å². The summed E-state index contributed by atoms with van der Waals surface area (Å²) in [4.78, 5) is 30.4. The van der Waals surface area contributed by atoms with Crippen molar-refractivity contribution in [2.24, 2.45) is 11.8 Å². The molecule has 4 nitrogen and oxygen atoms in total. The van der Waals surface area contributed by atoms with Crippen molar-refractivity contribution in [2.75, 3.05) is 13.1 Å². The zero-order chi connectivity index (χ0) is 17.0. The van der Waals surface area contributed by atoms with Crippen LogP contribution in [0.5, 0.6) is 0 Å². The summed E-state index contributed by atoms with van der Waals surface area (Å²) in [7, 11) is 0. The zero-order valence-corrected chi connectivity index (χ0v) is 14.6. The summed E-state index contributed by atoms with van der Waals surface area (Å²) >= 11 is 0. The van der Waals surface area contributed by atoms with Crippen LogP contribution in [-0.4, -0.2) is 46.8 Å². The van der Waals surface area contributed by atoms with E-state index in [1.165, 1.54) is 5.56 Å². The fourth-order valence-corrected chi connectivity index (χ4v) is 5.48. The van der Waals surface area contributed by atoms with Crippen molar-refractivity contribution in [3.63, 3.8) is 0 Å². The van der Waals surface area contributed by atoms with E-state index >= 15 is 0 Å². The summed E-state index contributed by atoms with van der Waals surface area (Å²) in [5.41, 5.74) is 1.27. The van der Waals surface area contributed by atoms with Crippen LogP contribution < -0.4 is 0 Å². The Kier molecular flexibility index (Phi) is 3.61. The van der Waals surface area contributed by atoms with E-state index in [9.17, 15) is 9.59 Å². The van der Waals surface area contributed by atoms with E-state index in [1.54, 1.807) is 0 Å². The predicted octanol–water partition coefficient (Wildman–Crippen LogP) is 2.79. The van der Waals surface area contributed by atoms with E-state index in [1.807, 2.05) is 28.0 Å². The van der Waals surface area contributed by atoms with Crippen LogP contribution in [0.4, 0.5) is 0 Å². The number of carbonyl (C=O) groups is 2. The average Bonchev–Trinajstić information content (AvgIpc) is 3.03. The van der Waals surface area contributed by atoms with Gasteiger partial charge in [-0.05, 0) is 55.9 Å². The number of piperidine rings is 1. The van der Waals surface area contributed by atoms with Gasteiger partial charge in [0, 0.05) is 25.0 Å². The van der Waals surface area contributed by atoms with Gasteiger partial charge in [0.2, 0.25) is 11.8 Å². The van der Waals surface area contributed by atoms with Gasteiger partial charge in [-0.1, -0.05) is 30.3 Å². The second-order valence-electron chi connectivity index (χ2n) is 8.31. The molecule has 0 radical (unpaired) electrons. The molecule has 2 aliphatic heterocycles. The lowest BCUT2D eigenvalue weighted by Gasteiger charge is -2.36. The number of rotatable bonds is 3. The van der Waals surface area contributed by atoms with Gasteiger partial charge in [-0.2, -0.15) is 0 Å². The van der Waals surface area contributed by atoms with Crippen molar-refractivity contribution in [1.82, 2.24) is 9.80 Å². The Hall–Kier alpha value is -1.84. The minimum Gasteiger partial charge on any atom is -0.341 e. The Labute approximate surface area is 149 Å². The van der Waals surface area contributed by atoms with Gasteiger partial charge < -0.3 is 9.80 Å². The van der Waals surface area contributed by atoms with E-state index < -0.39 is 0 Å². The molecule has 2 amide bonds. The smallest absolute Gasteiger partial charge is 0.245 e. The summed E-state index contributed by atoms with van der Waals surface area (Å²) in [6.07, 6.45) is 6.41. The Morgan fingerprint density at radius 1 is 0.920 bits per heavy atom. The highest BCUT2D eigenvalue weighted by atomic mass is 16.2. The van der Waals surface area contributed by atoms with Crippen LogP contribution in [0.3, 0.4) is 0 Å². The van der Waals surface area contributed by atoms with Gasteiger partial charge in [-0.15, -0.1) is 0 Å². The van der Waals surface area contributed by atoms with Gasteiger partial charge >= 0.3 is 0 Å². The standard InChI is InChI=1S/C21H26N2O2/c24-20(18-13-17(18)14-6-2-1-3-7-14)23-16-9-8-15(12-16)19(23)21(25)22-10-4-5-11-22/h1-3,6-7,15-19H,4-5,8-13H2/t15?,16?,17-,18-,19-/m0/s1. The van der Waals surface area contributed by atoms with E-state index in [0.717, 1.165) is 51.6 Å². The molecule has 1 aromatic rings. The van der Waals surface area contributed by atoms with Gasteiger partial charge in [0.25, 0.3) is 0 Å². The van der Waals surface area contributed by atoms with Gasteiger partial charge in [-0.3, -0.25) is 9.59 Å². The second kappa shape index (κ2) is 5.86. The Balaban J connectivity index is 1.35. The molecule has 2 bridgehead atoms. The molecular weight excluding hydrogens is 312 g/mol. The van der Waals surface area contributed by atoms with Gasteiger partial charge in [0.1, 0.15) is 6.04 Å². The third kappa shape index (κ3) is 2.49. The maximum Gasteiger partial charge on any atom is 0.245 e. The van der Waals surface area contributed by atoms with Gasteiger partial charge in [0.05, 0.1) is 0 Å². The number of hydrogen-bond donors (Lipinski definition) is 0. The fourth-order valence-electron chi connectivity index (χ4n) is 5.48. The number of carbonyl (C=O) groups excluding carboxylic acids is 2. The quantitative estimate of drug-likeness (QED) is 0.850. The first kappa shape index (κ1) is 15.4. The molecule has 5 atom stereocenters. The molecule has 2 saturated heterocycles. The van der Waals surface area contributed by atoms with Crippen LogP contribution in [0.1, 0.15) is 50.0 Å². The van der Waals surface area contributed by atoms with Crippen molar-refractivity contribution in [3.8, 4) is 0 Å². The molecule has 4 heteroatoms. The zero-order valence-electron chi connectivity index (χ0n) is 14.6. The molecule has 25 heavy (non-hydrogen) atoms. The SMILES string of the molecule is O=C([C@@H]1C2CCC(C2)N1C(=O)[C@H]1C[C@H]1c1ccccc1)N1CCCC1. The first-order valence-corrected chi connectivity index (χ1v) is 9.90. The number of hydrogen-bond acceptors (Lipinski definition) is 2. The molecule has 2 aliphatic carbocycles. The highest BCUT2D eigenvalue weighted by molar-refractivity contribution is 5.91. The maximum absolute atomic E-state index is 13.3. The molecule has 1 aromatic carbocycles. The summed E-state index contributed by atoms with van der Waals surface area (Å²) in [6.45, 7) is 1.76. The van der Waals surface area contributed by atoms with E-state index in [0.29, 0.717) is 17.9 Å². The normalized spacial score (nSPS) is 36.1. The minimum atomic E-state index is -0.165. The van der Waals surface area contributed by atoms with Crippen molar-refractivity contribution < 1.29 is 9.59 Å². The van der Waals surface area contributed by atoms with E-state index in [4.69, 9.17) is 0 Å². The monoisotopic (exact) mass is 338 g/mol. The molecule has 0 aromatic heterocycles. The maximum atomic E-state index is 13.3. The average molecular weight is 338 g/mol. The largest absolute Gasteiger partial charge is 0.341 e. The first-order chi connectivity index (χ1) is 12.2. The highest BCUT2D eigenvalue weighted by Gasteiger charge is 2.56. The molecule has 2 saturated carbocycles. The van der Waals surface area contributed by atoms with Gasteiger partial charge in [0.15, 0.2) is 0 Å². The summed E-state index contributed by atoms with van der Waals surface area (Å²) in [5, 5.41) is 0. The number of amides is 2. The van der Waals surface area contributed by atoms with Crippen molar-refractivity contribution in [2.45, 2.75) is 56.5 Å². The molecular formula is C21H26N2O2. The van der Waals surface area contributed by atoms with Crippen LogP contribution >= 0.6 is 0 Å². The van der Waals surface area contributed by atoms with Crippen LogP contribution in [-0.2, 0) is 9.59 Å². The molecule has 0 spiro atoms. The highest BCUT2D eigenvalue weighted by Crippen LogP contribution is 2.52. The molecule has 2 unspecified atom stereocenters. The molecule has 4 aliphatic rings. The van der Waals surface area contributed by atoms with Crippen LogP contribution in [0.25, 0.3) is 0 Å². The topological polar surface area (TPSA) is 40.6 Å². The molecule has 132 valence electrons. The summed E-state index contributed by atoms with van der Waals surface area (Å²) < 4.78 is 0. The molecule has 5 rings (SSSR count). The number of likely N-dealkylation sites (tertiary alicyclic amines) is 2. The van der Waals surface area contributed by atoms with Crippen LogP contribution in [0.15, 0.2) is 30.3 Å². The predicted molar refractivity (Wildman–Crippen MR) is 94.9 cm³/mol. The number of benzene rings is 1. The Bertz CT molecular complexity index is 682. The third-order valence-electron chi connectivity index (χ3n) is 6.85. The van der Waals surface area contributed by atoms with Crippen LogP contribution in [0.2, 0.25) is 0 Å². The lowest BCUT2D eigenvalue weighted by molar-refractivity contribution is -0.148. The molecule has 2 heterocycles. The van der Waals surface area contributed by atoms with E-state index in [-0.39, 0.29) is 23.8 Å². The van der Waals surface area contributed by atoms with Crippen molar-refractivity contribution >= 4 is 11.8 Å². The molecule has 4 fully saturated rings. The Morgan fingerprint density at radius 3 is 2.44 bits per heavy atom. The van der Waals surface area contributed by atoms with Crippen LogP contribution in [0, 0.1) is 11.8 Å². The summed E-state index contributed by atoms with van der Waals surface area (Å²) in [6, 6.07) is 10.5. The molecule has 0 N–H and O–H groups in total. The van der Waals surface area contributed by atoms with Gasteiger partial charge in [-0.25, -0.2) is 0 Å². The summed E-state index contributed by atoms with van der Waals surface area (Å²) in [5.74, 6) is 1.33. The fraction of sp³-hybridized carbons (Fsp3) is 0.619. The van der Waals surface area contributed by atoms with Crippen molar-refractivity contribution in [3.05, 3.63) is 35.9 Å². The van der Waals surface area contributed by atoms with E-state index in [2.05, 4.69) is 12.1 Å². The second-order valence-corrected chi connectivity index (χ2v) is 8.31. The Morgan fingerprint density at radius 2 is 1.68 bits per heavy atom. The lowest BCUT2D eigenvalue weighted by atomic mass is 9.96. The number of fused-ring (bicyclic) bond motifs is 2. The lowest BCUT2D eigenvalue weighted by Crippen LogP contribution is -2.53. The number of nitrogens with zero attached hydrogens (tertiary/aromatic N) is 2. The third-order valence-corrected chi connectivity index (χ3v) is 6.85. The first-order valence-electron chi connectivity index (χ1n) is 9.90. The minimum absolute atomic E-state index is 0.0932.